The second-order valence-electron chi connectivity index (χ2n) is 4.54. The van der Waals surface area contributed by atoms with E-state index in [-0.39, 0.29) is 10.8 Å². The van der Waals surface area contributed by atoms with E-state index in [2.05, 4.69) is 6.92 Å². The highest BCUT2D eigenvalue weighted by molar-refractivity contribution is 6.34. The molecule has 0 N–H and O–H groups in total. The summed E-state index contributed by atoms with van der Waals surface area (Å²) in [5.74, 6) is -0.583. The number of carbonyl (C=O) groups excluding carboxylic acids is 1. The Morgan fingerprint density at radius 2 is 1.83 bits per heavy atom. The van der Waals surface area contributed by atoms with Gasteiger partial charge in [-0.3, -0.25) is 4.79 Å². The molecular weight excluding hydrogens is 251 g/mol. The second-order valence-corrected chi connectivity index (χ2v) is 4.92. The van der Waals surface area contributed by atoms with Gasteiger partial charge in [-0.2, -0.15) is 0 Å². The maximum absolute atomic E-state index is 13.2. The number of unbranched alkanes of at least 4 members (excludes halogenated alkanes) is 5. The summed E-state index contributed by atoms with van der Waals surface area (Å²) in [4.78, 5) is 11.9. The van der Waals surface area contributed by atoms with Crippen LogP contribution in [0.1, 0.15) is 62.2 Å². The summed E-state index contributed by atoms with van der Waals surface area (Å²) in [5, 5.41) is -0.0477. The van der Waals surface area contributed by atoms with Crippen LogP contribution in [0.25, 0.3) is 0 Å². The molecule has 0 bridgehead atoms. The van der Waals surface area contributed by atoms with Crippen molar-refractivity contribution < 1.29 is 9.18 Å². The Hall–Kier alpha value is -0.890. The first kappa shape index (κ1) is 15.2. The number of rotatable bonds is 8. The van der Waals surface area contributed by atoms with Crippen molar-refractivity contribution in [2.45, 2.75) is 51.9 Å². The predicted octanol–water partition coefficient (Wildman–Crippen LogP) is 5.41. The van der Waals surface area contributed by atoms with Crippen molar-refractivity contribution in [3.05, 3.63) is 34.6 Å². The molecule has 1 aromatic rings. The van der Waals surface area contributed by atoms with Crippen molar-refractivity contribution in [3.63, 3.8) is 0 Å². The molecule has 0 saturated heterocycles. The minimum absolute atomic E-state index is 0.0477. The molecule has 0 aliphatic rings. The minimum atomic E-state index is -0.523. The normalized spacial score (nSPS) is 10.6. The van der Waals surface area contributed by atoms with Gasteiger partial charge < -0.3 is 0 Å². The van der Waals surface area contributed by atoms with Gasteiger partial charge >= 0.3 is 0 Å². The van der Waals surface area contributed by atoms with E-state index in [1.54, 1.807) is 6.07 Å². The number of Topliss-reactive ketones (excluding diaryl/α,β-unsaturated/α-hetero) is 1. The zero-order chi connectivity index (χ0) is 13.4. The molecule has 0 amide bonds. The van der Waals surface area contributed by atoms with Crippen LogP contribution in [0.3, 0.4) is 0 Å². The molecule has 0 aliphatic heterocycles. The van der Waals surface area contributed by atoms with Gasteiger partial charge in [0.15, 0.2) is 5.78 Å². The summed E-state index contributed by atoms with van der Waals surface area (Å²) in [6.45, 7) is 2.18. The fourth-order valence-corrected chi connectivity index (χ4v) is 2.15. The van der Waals surface area contributed by atoms with E-state index in [9.17, 15) is 9.18 Å². The van der Waals surface area contributed by atoms with Gasteiger partial charge in [-0.25, -0.2) is 4.39 Å². The third kappa shape index (κ3) is 4.77. The first-order valence-electron chi connectivity index (χ1n) is 6.64. The SMILES string of the molecule is CCCCCCCCC(=O)c1cccc(F)c1Cl. The molecule has 0 aliphatic carbocycles. The predicted molar refractivity (Wildman–Crippen MR) is 73.7 cm³/mol. The fourth-order valence-electron chi connectivity index (χ4n) is 1.92. The van der Waals surface area contributed by atoms with Crippen molar-refractivity contribution in [2.24, 2.45) is 0 Å². The summed E-state index contributed by atoms with van der Waals surface area (Å²) >= 11 is 5.77. The molecule has 0 heterocycles. The highest BCUT2D eigenvalue weighted by Gasteiger charge is 2.12. The highest BCUT2D eigenvalue weighted by atomic mass is 35.5. The van der Waals surface area contributed by atoms with Gasteiger partial charge in [0.2, 0.25) is 0 Å². The van der Waals surface area contributed by atoms with E-state index in [0.717, 1.165) is 19.3 Å². The molecule has 0 fully saturated rings. The van der Waals surface area contributed by atoms with Crippen LogP contribution in [0.5, 0.6) is 0 Å². The number of hydrogen-bond donors (Lipinski definition) is 0. The van der Waals surface area contributed by atoms with Gasteiger partial charge in [-0.15, -0.1) is 0 Å². The van der Waals surface area contributed by atoms with Gasteiger partial charge in [-0.05, 0) is 18.6 Å². The zero-order valence-corrected chi connectivity index (χ0v) is 11.6. The van der Waals surface area contributed by atoms with Gasteiger partial charge in [0, 0.05) is 12.0 Å². The standard InChI is InChI=1S/C15H20ClFO/c1-2-3-4-5-6-7-11-14(18)12-9-8-10-13(17)15(12)16/h8-10H,2-7,11H2,1H3. The maximum Gasteiger partial charge on any atom is 0.164 e. The largest absolute Gasteiger partial charge is 0.294 e. The average molecular weight is 271 g/mol. The number of ketones is 1. The minimum Gasteiger partial charge on any atom is -0.294 e. The summed E-state index contributed by atoms with van der Waals surface area (Å²) in [6.07, 6.45) is 7.23. The average Bonchev–Trinajstić information content (AvgIpc) is 2.36. The molecule has 1 aromatic carbocycles. The molecule has 0 spiro atoms. The maximum atomic E-state index is 13.2. The van der Waals surface area contributed by atoms with Gasteiger partial charge in [0.1, 0.15) is 5.82 Å². The zero-order valence-electron chi connectivity index (χ0n) is 10.8. The van der Waals surface area contributed by atoms with Crippen molar-refractivity contribution >= 4 is 17.4 Å². The summed E-state index contributed by atoms with van der Waals surface area (Å²) in [7, 11) is 0. The fraction of sp³-hybridized carbons (Fsp3) is 0.533. The van der Waals surface area contributed by atoms with Crippen LogP contribution in [0.2, 0.25) is 5.02 Å². The number of hydrogen-bond acceptors (Lipinski definition) is 1. The topological polar surface area (TPSA) is 17.1 Å². The first-order valence-corrected chi connectivity index (χ1v) is 7.01. The van der Waals surface area contributed by atoms with Crippen molar-refractivity contribution in [1.82, 2.24) is 0 Å². The first-order chi connectivity index (χ1) is 8.66. The van der Waals surface area contributed by atoms with Crippen LogP contribution >= 0.6 is 11.6 Å². The highest BCUT2D eigenvalue weighted by Crippen LogP contribution is 2.21. The quantitative estimate of drug-likeness (QED) is 0.456. The Kier molecular flexibility index (Phi) is 6.96. The molecule has 0 unspecified atom stereocenters. The van der Waals surface area contributed by atoms with Crippen LogP contribution in [-0.4, -0.2) is 5.78 Å². The Morgan fingerprint density at radius 3 is 2.56 bits per heavy atom. The third-order valence-electron chi connectivity index (χ3n) is 3.01. The van der Waals surface area contributed by atoms with Crippen molar-refractivity contribution in [3.8, 4) is 0 Å². The summed E-state index contributed by atoms with van der Waals surface area (Å²) < 4.78 is 13.2. The van der Waals surface area contributed by atoms with E-state index < -0.39 is 5.82 Å². The molecule has 0 radical (unpaired) electrons. The Morgan fingerprint density at radius 1 is 1.17 bits per heavy atom. The third-order valence-corrected chi connectivity index (χ3v) is 3.39. The summed E-state index contributed by atoms with van der Waals surface area (Å²) in [5.41, 5.74) is 0.310. The lowest BCUT2D eigenvalue weighted by Gasteiger charge is -2.04. The van der Waals surface area contributed by atoms with Crippen LogP contribution in [0, 0.1) is 5.82 Å². The lowest BCUT2D eigenvalue weighted by atomic mass is 10.0. The molecule has 1 rings (SSSR count). The van der Waals surface area contributed by atoms with E-state index in [1.165, 1.54) is 31.4 Å². The van der Waals surface area contributed by atoms with Crippen LogP contribution < -0.4 is 0 Å². The molecule has 0 aromatic heterocycles. The molecule has 0 atom stereocenters. The molecule has 0 saturated carbocycles. The van der Waals surface area contributed by atoms with Crippen LogP contribution in [0.15, 0.2) is 18.2 Å². The molecular formula is C15H20ClFO. The van der Waals surface area contributed by atoms with E-state index >= 15 is 0 Å². The van der Waals surface area contributed by atoms with E-state index in [4.69, 9.17) is 11.6 Å². The summed E-state index contributed by atoms with van der Waals surface area (Å²) in [6, 6.07) is 4.38. The lowest BCUT2D eigenvalue weighted by molar-refractivity contribution is 0.0979. The monoisotopic (exact) mass is 270 g/mol. The van der Waals surface area contributed by atoms with E-state index in [0.29, 0.717) is 12.0 Å². The lowest BCUT2D eigenvalue weighted by Crippen LogP contribution is -2.01. The Balaban J connectivity index is 2.35. The van der Waals surface area contributed by atoms with Crippen molar-refractivity contribution in [2.75, 3.05) is 0 Å². The number of benzene rings is 1. The Labute approximate surface area is 113 Å². The Bertz CT molecular complexity index is 390. The van der Waals surface area contributed by atoms with Crippen molar-refractivity contribution in [1.29, 1.82) is 0 Å². The molecule has 100 valence electrons. The molecule has 3 heteroatoms. The number of carbonyl (C=O) groups is 1. The van der Waals surface area contributed by atoms with Gasteiger partial charge in [-0.1, -0.05) is 56.7 Å². The van der Waals surface area contributed by atoms with Gasteiger partial charge in [0.25, 0.3) is 0 Å². The van der Waals surface area contributed by atoms with Gasteiger partial charge in [0.05, 0.1) is 5.02 Å². The van der Waals surface area contributed by atoms with Crippen LogP contribution in [-0.2, 0) is 0 Å². The smallest absolute Gasteiger partial charge is 0.164 e. The van der Waals surface area contributed by atoms with E-state index in [1.807, 2.05) is 0 Å². The molecule has 1 nitrogen and oxygen atoms in total. The molecule has 18 heavy (non-hydrogen) atoms. The number of halogens is 2. The second kappa shape index (κ2) is 8.25. The van der Waals surface area contributed by atoms with Crippen LogP contribution in [0.4, 0.5) is 4.39 Å².